The summed E-state index contributed by atoms with van der Waals surface area (Å²) in [5.41, 5.74) is 1.68. The van der Waals surface area contributed by atoms with Gasteiger partial charge in [0, 0.05) is 25.1 Å². The fraction of sp³-hybridized carbons (Fsp3) is 0.136. The molecule has 0 aliphatic carbocycles. The van der Waals surface area contributed by atoms with E-state index in [1.54, 1.807) is 49.8 Å². The summed E-state index contributed by atoms with van der Waals surface area (Å²) >= 11 is 0. The lowest BCUT2D eigenvalue weighted by Crippen LogP contribution is -2.26. The van der Waals surface area contributed by atoms with E-state index in [4.69, 9.17) is 4.42 Å². The fourth-order valence-corrected chi connectivity index (χ4v) is 3.27. The van der Waals surface area contributed by atoms with Crippen LogP contribution in [-0.2, 0) is 13.1 Å². The molecule has 0 saturated carbocycles. The Labute approximate surface area is 165 Å². The molecule has 0 radical (unpaired) electrons. The van der Waals surface area contributed by atoms with E-state index in [9.17, 15) is 14.0 Å². The molecule has 0 aliphatic rings. The number of amides is 1. The highest BCUT2D eigenvalue weighted by molar-refractivity contribution is 6.06. The second-order valence-electron chi connectivity index (χ2n) is 6.70. The first-order valence-corrected chi connectivity index (χ1v) is 9.07. The molecule has 0 atom stereocenters. The summed E-state index contributed by atoms with van der Waals surface area (Å²) in [4.78, 5) is 29.9. The quantitative estimate of drug-likeness (QED) is 0.566. The molecule has 29 heavy (non-hydrogen) atoms. The number of pyridine rings is 2. The van der Waals surface area contributed by atoms with Crippen LogP contribution in [0.15, 0.2) is 70.3 Å². The topological polar surface area (TPSA) is 77.1 Å². The van der Waals surface area contributed by atoms with E-state index in [2.05, 4.69) is 10.3 Å². The van der Waals surface area contributed by atoms with Gasteiger partial charge in [0.2, 0.25) is 0 Å². The summed E-state index contributed by atoms with van der Waals surface area (Å²) in [6.07, 6.45) is 4.89. The van der Waals surface area contributed by atoms with E-state index >= 15 is 0 Å². The zero-order chi connectivity index (χ0) is 20.4. The van der Waals surface area contributed by atoms with E-state index in [0.717, 1.165) is 5.56 Å². The molecule has 146 valence electrons. The molecule has 1 aromatic carbocycles. The average molecular weight is 391 g/mol. The van der Waals surface area contributed by atoms with E-state index in [0.29, 0.717) is 16.9 Å². The van der Waals surface area contributed by atoms with Crippen molar-refractivity contribution in [2.75, 3.05) is 0 Å². The highest BCUT2D eigenvalue weighted by Crippen LogP contribution is 2.22. The number of nitrogens with zero attached hydrogens (tertiary/aromatic N) is 2. The minimum atomic E-state index is -0.397. The summed E-state index contributed by atoms with van der Waals surface area (Å²) in [5, 5.41) is 3.01. The number of furan rings is 1. The highest BCUT2D eigenvalue weighted by Gasteiger charge is 2.21. The van der Waals surface area contributed by atoms with Crippen LogP contribution in [-0.4, -0.2) is 15.5 Å². The third-order valence-electron chi connectivity index (χ3n) is 4.64. The van der Waals surface area contributed by atoms with Gasteiger partial charge in [0.1, 0.15) is 17.2 Å². The molecular formula is C22H18FN3O3. The molecule has 1 amide bonds. The Morgan fingerprint density at radius 1 is 1.21 bits per heavy atom. The van der Waals surface area contributed by atoms with E-state index in [1.807, 2.05) is 6.07 Å². The van der Waals surface area contributed by atoms with Crippen molar-refractivity contribution in [2.24, 2.45) is 0 Å². The number of halogens is 1. The molecule has 0 unspecified atom stereocenters. The van der Waals surface area contributed by atoms with Crippen molar-refractivity contribution >= 4 is 16.9 Å². The van der Waals surface area contributed by atoms with Gasteiger partial charge in [0.25, 0.3) is 11.5 Å². The summed E-state index contributed by atoms with van der Waals surface area (Å²) in [6, 6.07) is 11.3. The Kier molecular flexibility index (Phi) is 4.95. The average Bonchev–Trinajstić information content (AvgIpc) is 3.06. The molecule has 1 N–H and O–H groups in total. The smallest absolute Gasteiger partial charge is 0.262 e. The predicted octanol–water partition coefficient (Wildman–Crippen LogP) is 3.42. The van der Waals surface area contributed by atoms with Crippen LogP contribution in [0.2, 0.25) is 0 Å². The van der Waals surface area contributed by atoms with Gasteiger partial charge in [-0.15, -0.1) is 0 Å². The lowest BCUT2D eigenvalue weighted by molar-refractivity contribution is 0.0950. The number of nitrogens with one attached hydrogen (secondary N) is 1. The second-order valence-corrected chi connectivity index (χ2v) is 6.70. The summed E-state index contributed by atoms with van der Waals surface area (Å²) in [7, 11) is 0. The molecule has 0 spiro atoms. The van der Waals surface area contributed by atoms with Crippen molar-refractivity contribution in [3.8, 4) is 0 Å². The summed E-state index contributed by atoms with van der Waals surface area (Å²) in [5.74, 6) is -0.402. The summed E-state index contributed by atoms with van der Waals surface area (Å²) in [6.45, 7) is 2.12. The van der Waals surface area contributed by atoms with Gasteiger partial charge in [-0.05, 0) is 42.3 Å². The first-order chi connectivity index (χ1) is 14.0. The number of aromatic nitrogens is 2. The third kappa shape index (κ3) is 3.80. The van der Waals surface area contributed by atoms with E-state index in [-0.39, 0.29) is 35.4 Å². The molecule has 7 heteroatoms. The van der Waals surface area contributed by atoms with Gasteiger partial charge in [-0.1, -0.05) is 18.2 Å². The van der Waals surface area contributed by atoms with Crippen LogP contribution >= 0.6 is 0 Å². The largest absolute Gasteiger partial charge is 0.460 e. The van der Waals surface area contributed by atoms with Crippen LogP contribution in [0, 0.1) is 12.7 Å². The van der Waals surface area contributed by atoms with Crippen molar-refractivity contribution < 1.29 is 13.6 Å². The zero-order valence-corrected chi connectivity index (χ0v) is 15.7. The van der Waals surface area contributed by atoms with Gasteiger partial charge in [0.05, 0.1) is 17.5 Å². The van der Waals surface area contributed by atoms with Crippen molar-refractivity contribution in [1.29, 1.82) is 0 Å². The minimum absolute atomic E-state index is 0.188. The molecule has 0 aliphatic heterocycles. The maximum absolute atomic E-state index is 13.5. The Balaban J connectivity index is 1.68. The first kappa shape index (κ1) is 18.6. The van der Waals surface area contributed by atoms with Gasteiger partial charge in [0.15, 0.2) is 0 Å². The molecule has 3 aromatic heterocycles. The van der Waals surface area contributed by atoms with Crippen LogP contribution in [0.1, 0.15) is 27.2 Å². The predicted molar refractivity (Wildman–Crippen MR) is 106 cm³/mol. The third-order valence-corrected chi connectivity index (χ3v) is 4.64. The Morgan fingerprint density at radius 3 is 2.79 bits per heavy atom. The second kappa shape index (κ2) is 7.71. The first-order valence-electron chi connectivity index (χ1n) is 9.07. The van der Waals surface area contributed by atoms with E-state index in [1.165, 1.54) is 16.7 Å². The molecule has 3 heterocycles. The van der Waals surface area contributed by atoms with Crippen molar-refractivity contribution in [3.63, 3.8) is 0 Å². The van der Waals surface area contributed by atoms with Crippen molar-refractivity contribution in [2.45, 2.75) is 20.0 Å². The van der Waals surface area contributed by atoms with Crippen LogP contribution in [0.25, 0.3) is 11.0 Å². The minimum Gasteiger partial charge on any atom is -0.460 e. The molecule has 4 rings (SSSR count). The van der Waals surface area contributed by atoms with Gasteiger partial charge >= 0.3 is 0 Å². The Hall–Kier alpha value is -3.74. The van der Waals surface area contributed by atoms with Gasteiger partial charge in [-0.3, -0.25) is 14.6 Å². The normalized spacial score (nSPS) is 11.0. The number of carbonyl (C=O) groups is 1. The molecule has 4 aromatic rings. The molecule has 0 bridgehead atoms. The molecule has 0 saturated heterocycles. The number of rotatable bonds is 5. The van der Waals surface area contributed by atoms with Crippen molar-refractivity contribution in [1.82, 2.24) is 14.9 Å². The fourth-order valence-electron chi connectivity index (χ4n) is 3.27. The van der Waals surface area contributed by atoms with Gasteiger partial charge in [-0.2, -0.15) is 0 Å². The highest BCUT2D eigenvalue weighted by atomic mass is 19.1. The van der Waals surface area contributed by atoms with E-state index < -0.39 is 5.91 Å². The van der Waals surface area contributed by atoms with Crippen molar-refractivity contribution in [3.05, 3.63) is 99.7 Å². The number of carbonyl (C=O) groups excluding carboxylic acids is 1. The zero-order valence-electron chi connectivity index (χ0n) is 15.7. The van der Waals surface area contributed by atoms with Crippen LogP contribution in [0.4, 0.5) is 4.39 Å². The van der Waals surface area contributed by atoms with Gasteiger partial charge in [-0.25, -0.2) is 4.39 Å². The summed E-state index contributed by atoms with van der Waals surface area (Å²) < 4.78 is 20.5. The van der Waals surface area contributed by atoms with Crippen LogP contribution in [0.5, 0.6) is 0 Å². The lowest BCUT2D eigenvalue weighted by atomic mass is 10.1. The standard InChI is InChI=1S/C22H18FN3O3/c1-14-19(21(27)25-12-16-5-3-8-24-11-16)20-18(29-14)7-9-26(22(20)28)13-15-4-2-6-17(23)10-15/h2-11H,12-13H2,1H3,(H,25,27). The number of aryl methyl sites for hydroxylation is 1. The molecule has 0 fully saturated rings. The van der Waals surface area contributed by atoms with Crippen LogP contribution < -0.4 is 10.9 Å². The number of benzene rings is 1. The Morgan fingerprint density at radius 2 is 2.03 bits per heavy atom. The lowest BCUT2D eigenvalue weighted by Gasteiger charge is -2.07. The Bertz CT molecular complexity index is 1250. The number of hydrogen-bond acceptors (Lipinski definition) is 4. The number of fused-ring (bicyclic) bond motifs is 1. The maximum atomic E-state index is 13.5. The molecule has 6 nitrogen and oxygen atoms in total. The number of hydrogen-bond donors (Lipinski definition) is 1. The molecular weight excluding hydrogens is 373 g/mol. The SMILES string of the molecule is Cc1oc2ccn(Cc3cccc(F)c3)c(=O)c2c1C(=O)NCc1cccnc1. The van der Waals surface area contributed by atoms with Gasteiger partial charge < -0.3 is 14.3 Å². The van der Waals surface area contributed by atoms with Crippen LogP contribution in [0.3, 0.4) is 0 Å². The maximum Gasteiger partial charge on any atom is 0.262 e. The monoisotopic (exact) mass is 391 g/mol.